The first-order valence-electron chi connectivity index (χ1n) is 6.93. The summed E-state index contributed by atoms with van der Waals surface area (Å²) in [6.45, 7) is 5.74. The molecule has 0 spiro atoms. The molecular weight excluding hydrogens is 260 g/mol. The van der Waals surface area contributed by atoms with E-state index in [0.717, 1.165) is 25.7 Å². The second kappa shape index (κ2) is 7.89. The number of hydrogen-bond acceptors (Lipinski definition) is 6. The summed E-state index contributed by atoms with van der Waals surface area (Å²) in [6.07, 6.45) is 3.81. The lowest BCUT2D eigenvalue weighted by Crippen LogP contribution is -2.31. The molecule has 20 heavy (non-hydrogen) atoms. The van der Waals surface area contributed by atoms with Crippen LogP contribution in [0.2, 0.25) is 0 Å². The molecule has 1 aliphatic carbocycles. The summed E-state index contributed by atoms with van der Waals surface area (Å²) in [7, 11) is 0. The third-order valence-electron chi connectivity index (χ3n) is 3.51. The van der Waals surface area contributed by atoms with Crippen molar-refractivity contribution in [2.24, 2.45) is 23.3 Å². The number of esters is 2. The quantitative estimate of drug-likeness (QED) is 0.549. The standard InChI is InChI=1S/C14H24N2O4/c1-9(15)13(17)19-7-11-3-5-12(6-4-11)8-20-14(18)10(2)16/h10-12H,1,3-8,15-16H2,2H3. The van der Waals surface area contributed by atoms with Crippen LogP contribution in [0.5, 0.6) is 0 Å². The fourth-order valence-electron chi connectivity index (χ4n) is 2.18. The zero-order valence-corrected chi connectivity index (χ0v) is 12.0. The minimum absolute atomic E-state index is 0.0681. The summed E-state index contributed by atoms with van der Waals surface area (Å²) in [4.78, 5) is 22.4. The van der Waals surface area contributed by atoms with E-state index in [0.29, 0.717) is 25.0 Å². The molecule has 1 fully saturated rings. The fraction of sp³-hybridized carbons (Fsp3) is 0.714. The van der Waals surface area contributed by atoms with E-state index < -0.39 is 12.0 Å². The molecule has 0 saturated heterocycles. The van der Waals surface area contributed by atoms with Gasteiger partial charge in [-0.2, -0.15) is 0 Å². The van der Waals surface area contributed by atoms with Gasteiger partial charge in [0.1, 0.15) is 11.7 Å². The predicted molar refractivity (Wildman–Crippen MR) is 74.3 cm³/mol. The van der Waals surface area contributed by atoms with Gasteiger partial charge in [-0.15, -0.1) is 0 Å². The van der Waals surface area contributed by atoms with E-state index in [9.17, 15) is 9.59 Å². The molecule has 1 saturated carbocycles. The van der Waals surface area contributed by atoms with Gasteiger partial charge in [0, 0.05) is 0 Å². The van der Waals surface area contributed by atoms with E-state index in [-0.39, 0.29) is 11.7 Å². The lowest BCUT2D eigenvalue weighted by atomic mass is 9.83. The van der Waals surface area contributed by atoms with E-state index in [1.165, 1.54) is 0 Å². The second-order valence-electron chi connectivity index (χ2n) is 5.43. The number of nitrogens with two attached hydrogens (primary N) is 2. The average Bonchev–Trinajstić information content (AvgIpc) is 2.42. The maximum atomic E-state index is 11.3. The smallest absolute Gasteiger partial charge is 0.353 e. The highest BCUT2D eigenvalue weighted by Crippen LogP contribution is 2.29. The summed E-state index contributed by atoms with van der Waals surface area (Å²) in [5.41, 5.74) is 10.6. The fourth-order valence-corrected chi connectivity index (χ4v) is 2.18. The van der Waals surface area contributed by atoms with Crippen molar-refractivity contribution in [3.63, 3.8) is 0 Å². The molecule has 0 radical (unpaired) electrons. The summed E-state index contributed by atoms with van der Waals surface area (Å²) >= 11 is 0. The summed E-state index contributed by atoms with van der Waals surface area (Å²) in [5, 5.41) is 0. The molecule has 4 N–H and O–H groups in total. The van der Waals surface area contributed by atoms with Crippen LogP contribution in [0.4, 0.5) is 0 Å². The van der Waals surface area contributed by atoms with Crippen LogP contribution in [0.15, 0.2) is 12.3 Å². The van der Waals surface area contributed by atoms with Crippen LogP contribution >= 0.6 is 0 Å². The Morgan fingerprint density at radius 3 is 2.00 bits per heavy atom. The molecule has 0 aromatic rings. The Balaban J connectivity index is 2.18. The molecule has 0 aliphatic heterocycles. The Hall–Kier alpha value is -1.56. The summed E-state index contributed by atoms with van der Waals surface area (Å²) in [5.74, 6) is -0.187. The van der Waals surface area contributed by atoms with E-state index in [1.54, 1.807) is 6.92 Å². The molecule has 0 amide bonds. The second-order valence-corrected chi connectivity index (χ2v) is 5.43. The van der Waals surface area contributed by atoms with Crippen molar-refractivity contribution < 1.29 is 19.1 Å². The van der Waals surface area contributed by atoms with Gasteiger partial charge in [-0.05, 0) is 44.4 Å². The zero-order chi connectivity index (χ0) is 15.1. The zero-order valence-electron chi connectivity index (χ0n) is 12.0. The van der Waals surface area contributed by atoms with E-state index in [1.807, 2.05) is 0 Å². The van der Waals surface area contributed by atoms with E-state index in [2.05, 4.69) is 6.58 Å². The van der Waals surface area contributed by atoms with Gasteiger partial charge in [0.25, 0.3) is 0 Å². The summed E-state index contributed by atoms with van der Waals surface area (Å²) < 4.78 is 10.2. The van der Waals surface area contributed by atoms with Crippen molar-refractivity contribution in [2.75, 3.05) is 13.2 Å². The molecular formula is C14H24N2O4. The van der Waals surface area contributed by atoms with Crippen molar-refractivity contribution in [3.05, 3.63) is 12.3 Å². The molecule has 6 nitrogen and oxygen atoms in total. The molecule has 1 unspecified atom stereocenters. The van der Waals surface area contributed by atoms with Crippen LogP contribution in [0, 0.1) is 11.8 Å². The largest absolute Gasteiger partial charge is 0.464 e. The molecule has 1 atom stereocenters. The average molecular weight is 284 g/mol. The first kappa shape index (κ1) is 16.5. The highest BCUT2D eigenvalue weighted by molar-refractivity contribution is 5.86. The minimum Gasteiger partial charge on any atom is -0.464 e. The van der Waals surface area contributed by atoms with E-state index >= 15 is 0 Å². The topological polar surface area (TPSA) is 105 Å². The van der Waals surface area contributed by atoms with Crippen LogP contribution in [-0.4, -0.2) is 31.2 Å². The normalized spacial score (nSPS) is 23.7. The van der Waals surface area contributed by atoms with Crippen molar-refractivity contribution in [1.82, 2.24) is 0 Å². The van der Waals surface area contributed by atoms with Gasteiger partial charge in [-0.1, -0.05) is 6.58 Å². The molecule has 114 valence electrons. The van der Waals surface area contributed by atoms with Gasteiger partial charge in [-0.3, -0.25) is 4.79 Å². The third-order valence-corrected chi connectivity index (χ3v) is 3.51. The first-order chi connectivity index (χ1) is 9.40. The third kappa shape index (κ3) is 5.61. The van der Waals surface area contributed by atoms with Crippen molar-refractivity contribution in [3.8, 4) is 0 Å². The number of carbonyl (C=O) groups is 2. The molecule has 1 rings (SSSR count). The predicted octanol–water partition coefficient (Wildman–Crippen LogP) is 0.699. The maximum Gasteiger partial charge on any atom is 0.353 e. The van der Waals surface area contributed by atoms with Crippen LogP contribution in [0.25, 0.3) is 0 Å². The van der Waals surface area contributed by atoms with Gasteiger partial charge in [0.05, 0.1) is 13.2 Å². The lowest BCUT2D eigenvalue weighted by molar-refractivity contribution is -0.147. The van der Waals surface area contributed by atoms with Crippen molar-refractivity contribution in [2.45, 2.75) is 38.6 Å². The van der Waals surface area contributed by atoms with Crippen LogP contribution in [0.3, 0.4) is 0 Å². The Bertz CT molecular complexity index is 360. The maximum absolute atomic E-state index is 11.3. The van der Waals surface area contributed by atoms with Crippen LogP contribution in [-0.2, 0) is 19.1 Å². The van der Waals surface area contributed by atoms with Gasteiger partial charge >= 0.3 is 11.9 Å². The van der Waals surface area contributed by atoms with Gasteiger partial charge in [0.2, 0.25) is 0 Å². The van der Waals surface area contributed by atoms with Gasteiger partial charge in [-0.25, -0.2) is 4.79 Å². The number of ether oxygens (including phenoxy) is 2. The highest BCUT2D eigenvalue weighted by Gasteiger charge is 2.23. The number of hydrogen-bond donors (Lipinski definition) is 2. The first-order valence-corrected chi connectivity index (χ1v) is 6.93. The molecule has 1 aliphatic rings. The van der Waals surface area contributed by atoms with Crippen molar-refractivity contribution in [1.29, 1.82) is 0 Å². The van der Waals surface area contributed by atoms with Gasteiger partial charge in [0.15, 0.2) is 0 Å². The van der Waals surface area contributed by atoms with Crippen LogP contribution < -0.4 is 11.5 Å². The molecule has 0 aromatic carbocycles. The molecule has 0 heterocycles. The summed E-state index contributed by atoms with van der Waals surface area (Å²) in [6, 6.07) is -0.574. The molecule has 0 aromatic heterocycles. The Morgan fingerprint density at radius 2 is 1.60 bits per heavy atom. The minimum atomic E-state index is -0.574. The number of carbonyl (C=O) groups excluding carboxylic acids is 2. The molecule has 6 heteroatoms. The Kier molecular flexibility index (Phi) is 6.51. The van der Waals surface area contributed by atoms with E-state index in [4.69, 9.17) is 20.9 Å². The molecule has 0 bridgehead atoms. The van der Waals surface area contributed by atoms with Crippen molar-refractivity contribution >= 4 is 11.9 Å². The lowest BCUT2D eigenvalue weighted by Gasteiger charge is -2.28. The highest BCUT2D eigenvalue weighted by atomic mass is 16.5. The van der Waals surface area contributed by atoms with Crippen LogP contribution in [0.1, 0.15) is 32.6 Å². The van der Waals surface area contributed by atoms with Gasteiger partial charge < -0.3 is 20.9 Å². The Morgan fingerprint density at radius 1 is 1.15 bits per heavy atom. The number of rotatable bonds is 6. The monoisotopic (exact) mass is 284 g/mol. The SMILES string of the molecule is C=C(N)C(=O)OCC1CCC(COC(=O)C(C)N)CC1. The Labute approximate surface area is 119 Å².